The summed E-state index contributed by atoms with van der Waals surface area (Å²) in [6.07, 6.45) is 3.04. The van der Waals surface area contributed by atoms with E-state index >= 15 is 0 Å². The van der Waals surface area contributed by atoms with Crippen molar-refractivity contribution in [3.63, 3.8) is 0 Å². The molecular formula is C23H24F2N4O2. The van der Waals surface area contributed by atoms with E-state index in [-0.39, 0.29) is 30.4 Å². The van der Waals surface area contributed by atoms with Gasteiger partial charge in [0.25, 0.3) is 0 Å². The summed E-state index contributed by atoms with van der Waals surface area (Å²) < 4.78 is 42.1. The molecule has 2 saturated carbocycles. The van der Waals surface area contributed by atoms with Gasteiger partial charge < -0.3 is 19.4 Å². The van der Waals surface area contributed by atoms with Crippen molar-refractivity contribution >= 4 is 16.9 Å². The second kappa shape index (κ2) is 6.46. The number of hydrogen-bond acceptors (Lipinski definition) is 5. The van der Waals surface area contributed by atoms with Gasteiger partial charge in [0, 0.05) is 17.8 Å². The molecule has 0 spiro atoms. The molecular weight excluding hydrogens is 402 g/mol. The maximum atomic E-state index is 14.0. The first-order chi connectivity index (χ1) is 14.8. The molecule has 31 heavy (non-hydrogen) atoms. The van der Waals surface area contributed by atoms with E-state index in [1.165, 1.54) is 6.07 Å². The number of anilines is 1. The second-order valence-electron chi connectivity index (χ2n) is 9.34. The smallest absolute Gasteiger partial charge is 0.163 e. The van der Waals surface area contributed by atoms with Crippen LogP contribution in [0.1, 0.15) is 37.6 Å². The molecule has 5 atom stereocenters. The Morgan fingerprint density at radius 3 is 2.81 bits per heavy atom. The molecule has 1 aromatic carbocycles. The Balaban J connectivity index is 1.34. The van der Waals surface area contributed by atoms with Gasteiger partial charge in [-0.1, -0.05) is 0 Å². The number of ether oxygens (including phenoxy) is 2. The van der Waals surface area contributed by atoms with Crippen LogP contribution in [0.4, 0.5) is 14.5 Å². The average Bonchev–Trinajstić information content (AvgIpc) is 3.14. The highest BCUT2D eigenvalue weighted by atomic mass is 19.1. The number of nitrogens with zero attached hydrogens (tertiary/aromatic N) is 3. The highest BCUT2D eigenvalue weighted by Crippen LogP contribution is 2.63. The monoisotopic (exact) mass is 426 g/mol. The van der Waals surface area contributed by atoms with Crippen LogP contribution < -0.4 is 5.32 Å². The van der Waals surface area contributed by atoms with E-state index in [0.29, 0.717) is 17.4 Å². The number of fused-ring (bicyclic) bond motifs is 4. The van der Waals surface area contributed by atoms with E-state index in [0.717, 1.165) is 35.6 Å². The topological polar surface area (TPSA) is 61.2 Å². The predicted octanol–water partition coefficient (Wildman–Crippen LogP) is 4.34. The van der Waals surface area contributed by atoms with Gasteiger partial charge in [-0.2, -0.15) is 0 Å². The number of nitrogens with one attached hydrogen (secondary N) is 1. The highest BCUT2D eigenvalue weighted by molar-refractivity contribution is 5.86. The lowest BCUT2D eigenvalue weighted by molar-refractivity contribution is -0.156. The Morgan fingerprint density at radius 1 is 1.16 bits per heavy atom. The first-order valence-corrected chi connectivity index (χ1v) is 10.7. The number of aromatic nitrogens is 3. The summed E-state index contributed by atoms with van der Waals surface area (Å²) in [5, 5.41) is 3.22. The van der Waals surface area contributed by atoms with Gasteiger partial charge in [-0.3, -0.25) is 0 Å². The van der Waals surface area contributed by atoms with Crippen LogP contribution in [0.3, 0.4) is 0 Å². The zero-order valence-electron chi connectivity index (χ0n) is 17.6. The van der Waals surface area contributed by atoms with E-state index in [2.05, 4.69) is 14.9 Å². The number of halogens is 2. The first kappa shape index (κ1) is 19.1. The van der Waals surface area contributed by atoms with Gasteiger partial charge in [0.2, 0.25) is 0 Å². The van der Waals surface area contributed by atoms with Gasteiger partial charge in [0.05, 0.1) is 24.2 Å². The Morgan fingerprint density at radius 2 is 1.97 bits per heavy atom. The number of imidazole rings is 1. The van der Waals surface area contributed by atoms with Crippen LogP contribution in [-0.2, 0) is 16.0 Å². The van der Waals surface area contributed by atoms with Crippen molar-refractivity contribution in [3.05, 3.63) is 53.5 Å². The fourth-order valence-corrected chi connectivity index (χ4v) is 5.38. The summed E-state index contributed by atoms with van der Waals surface area (Å²) in [4.78, 5) is 9.39. The number of rotatable bonds is 4. The molecule has 0 unspecified atom stereocenters. The lowest BCUT2D eigenvalue weighted by Crippen LogP contribution is -2.30. The minimum atomic E-state index is -0.581. The average molecular weight is 426 g/mol. The fourth-order valence-electron chi connectivity index (χ4n) is 5.38. The summed E-state index contributed by atoms with van der Waals surface area (Å²) >= 11 is 0. The van der Waals surface area contributed by atoms with E-state index in [4.69, 9.17) is 14.5 Å². The van der Waals surface area contributed by atoms with Crippen molar-refractivity contribution in [1.82, 2.24) is 14.5 Å². The van der Waals surface area contributed by atoms with Crippen molar-refractivity contribution in [2.24, 2.45) is 11.8 Å². The molecule has 0 bridgehead atoms. The van der Waals surface area contributed by atoms with Crippen molar-refractivity contribution in [1.29, 1.82) is 0 Å². The largest absolute Gasteiger partial charge is 0.379 e. The Kier molecular flexibility index (Phi) is 3.99. The van der Waals surface area contributed by atoms with Crippen LogP contribution >= 0.6 is 0 Å². The highest BCUT2D eigenvalue weighted by Gasteiger charge is 2.66. The minimum Gasteiger partial charge on any atom is -0.379 e. The number of benzene rings is 1. The molecule has 1 saturated heterocycles. The minimum absolute atomic E-state index is 0.0174. The molecule has 3 heterocycles. The molecule has 8 heteroatoms. The molecule has 3 aliphatic rings. The van der Waals surface area contributed by atoms with Crippen LogP contribution in [-0.4, -0.2) is 32.5 Å². The predicted molar refractivity (Wildman–Crippen MR) is 110 cm³/mol. The van der Waals surface area contributed by atoms with Crippen molar-refractivity contribution in [2.75, 3.05) is 5.32 Å². The molecule has 3 fully saturated rings. The van der Waals surface area contributed by atoms with Gasteiger partial charge in [-0.25, -0.2) is 18.7 Å². The normalized spacial score (nSPS) is 30.4. The zero-order chi connectivity index (χ0) is 21.5. The number of aryl methyl sites for hydroxylation is 1. The van der Waals surface area contributed by atoms with E-state index < -0.39 is 17.4 Å². The Labute approximate surface area is 178 Å². The third-order valence-electron chi connectivity index (χ3n) is 6.71. The number of pyridine rings is 1. The molecule has 1 aliphatic heterocycles. The fraction of sp³-hybridized carbons (Fsp3) is 0.478. The van der Waals surface area contributed by atoms with Crippen LogP contribution in [0.25, 0.3) is 11.2 Å². The molecule has 0 amide bonds. The lowest BCUT2D eigenvalue weighted by Gasteiger charge is -2.24. The van der Waals surface area contributed by atoms with E-state index in [1.807, 2.05) is 33.2 Å². The molecule has 0 radical (unpaired) electrons. The van der Waals surface area contributed by atoms with Crippen molar-refractivity contribution in [3.8, 4) is 0 Å². The molecule has 162 valence electrons. The lowest BCUT2D eigenvalue weighted by atomic mass is 10.1. The molecule has 2 aromatic heterocycles. The zero-order valence-corrected chi connectivity index (χ0v) is 17.6. The first-order valence-electron chi connectivity index (χ1n) is 10.7. The van der Waals surface area contributed by atoms with E-state index in [9.17, 15) is 8.78 Å². The summed E-state index contributed by atoms with van der Waals surface area (Å²) in [5.74, 6) is -0.465. The molecule has 3 aromatic rings. The van der Waals surface area contributed by atoms with Gasteiger partial charge in [-0.15, -0.1) is 0 Å². The van der Waals surface area contributed by atoms with Crippen LogP contribution in [0.15, 0.2) is 30.6 Å². The molecule has 2 aliphatic carbocycles. The third kappa shape index (κ3) is 3.03. The Hall–Kier alpha value is -2.58. The van der Waals surface area contributed by atoms with Gasteiger partial charge >= 0.3 is 0 Å². The SMILES string of the molecule is Cc1cc(NCc2cc(F)ccc2F)c2ncn([C@@H]3[C@H]4C[C@H]4[C@H]4OC(C)(C)O[C@H]43)c2n1. The summed E-state index contributed by atoms with van der Waals surface area (Å²) in [5.41, 5.74) is 3.31. The maximum Gasteiger partial charge on any atom is 0.163 e. The quantitative estimate of drug-likeness (QED) is 0.673. The summed E-state index contributed by atoms with van der Waals surface area (Å²) in [6.45, 7) is 5.99. The van der Waals surface area contributed by atoms with Crippen molar-refractivity contribution in [2.45, 2.75) is 57.8 Å². The second-order valence-corrected chi connectivity index (χ2v) is 9.34. The van der Waals surface area contributed by atoms with Crippen molar-refractivity contribution < 1.29 is 18.3 Å². The number of hydrogen-bond donors (Lipinski definition) is 1. The molecule has 6 nitrogen and oxygen atoms in total. The van der Waals surface area contributed by atoms with Gasteiger partial charge in [-0.05, 0) is 63.3 Å². The van der Waals surface area contributed by atoms with Gasteiger partial charge in [0.15, 0.2) is 11.4 Å². The summed E-state index contributed by atoms with van der Waals surface area (Å²) in [6, 6.07) is 5.47. The molecule has 6 rings (SSSR count). The van der Waals surface area contributed by atoms with Crippen LogP contribution in [0.5, 0.6) is 0 Å². The van der Waals surface area contributed by atoms with Gasteiger partial charge in [0.1, 0.15) is 23.3 Å². The van der Waals surface area contributed by atoms with Crippen LogP contribution in [0, 0.1) is 30.4 Å². The van der Waals surface area contributed by atoms with Crippen LogP contribution in [0.2, 0.25) is 0 Å². The molecule has 1 N–H and O–H groups in total. The standard InChI is InChI=1S/C23H24F2N4O2/c1-11-6-17(26-9-12-7-13(24)4-5-16(12)25)18-22(28-11)29(10-27-18)19-14-8-15(14)20-21(19)31-23(2,3)30-20/h4-7,10,14-15,19-21H,8-9H2,1-3H3,(H,26,28)/t14-,15+,19+,20+,21-/m0/s1. The third-order valence-corrected chi connectivity index (χ3v) is 6.71. The summed E-state index contributed by atoms with van der Waals surface area (Å²) in [7, 11) is 0. The van der Waals surface area contributed by atoms with E-state index in [1.54, 1.807) is 0 Å². The maximum absolute atomic E-state index is 14.0. The Bertz CT molecular complexity index is 1190.